The predicted octanol–water partition coefficient (Wildman–Crippen LogP) is 4.31. The average Bonchev–Trinajstić information content (AvgIpc) is 2.70. The van der Waals surface area contributed by atoms with Crippen molar-refractivity contribution in [3.63, 3.8) is 0 Å². The average molecular weight is 322 g/mol. The number of carbonyl (C=O) groups is 1. The van der Waals surface area contributed by atoms with E-state index in [1.165, 1.54) is 19.3 Å². The molecule has 1 aliphatic carbocycles. The lowest BCUT2D eigenvalue weighted by molar-refractivity contribution is 0.0528. The maximum absolute atomic E-state index is 12.0. The smallest absolute Gasteiger partial charge is 0.338 e. The lowest BCUT2D eigenvalue weighted by atomic mass is 9.93. The Hall–Kier alpha value is -1.29. The molecule has 3 nitrogen and oxygen atoms in total. The van der Waals surface area contributed by atoms with Crippen molar-refractivity contribution in [2.45, 2.75) is 32.2 Å². The molecule has 1 saturated carbocycles. The highest BCUT2D eigenvalue weighted by atomic mass is 79.9. The minimum absolute atomic E-state index is 0.250. The topological polar surface area (TPSA) is 31.2 Å². The highest BCUT2D eigenvalue weighted by molar-refractivity contribution is 9.10. The van der Waals surface area contributed by atoms with Gasteiger partial charge in [-0.15, -0.1) is 0 Å². The van der Waals surface area contributed by atoms with Crippen LogP contribution in [-0.2, 0) is 4.74 Å². The number of carbonyl (C=O) groups excluding carboxylic acids is 1. The zero-order valence-electron chi connectivity index (χ0n) is 10.9. The van der Waals surface area contributed by atoms with Crippen LogP contribution in [0, 0.1) is 0 Å². The van der Waals surface area contributed by atoms with Gasteiger partial charge in [-0.3, -0.25) is 0 Å². The summed E-state index contributed by atoms with van der Waals surface area (Å²) in [6, 6.07) is 6.52. The first-order chi connectivity index (χ1) is 9.20. The molecule has 100 valence electrons. The zero-order chi connectivity index (χ0) is 13.4. The molecule has 1 heterocycles. The zero-order valence-corrected chi connectivity index (χ0v) is 12.4. The number of fused-ring (bicyclic) bond motifs is 1. The fourth-order valence-electron chi connectivity index (χ4n) is 2.59. The van der Waals surface area contributed by atoms with Crippen LogP contribution in [0.2, 0.25) is 0 Å². The fourth-order valence-corrected chi connectivity index (χ4v) is 3.03. The predicted molar refractivity (Wildman–Crippen MR) is 78.5 cm³/mol. The number of rotatable bonds is 3. The van der Waals surface area contributed by atoms with Gasteiger partial charge < -0.3 is 9.30 Å². The number of halogens is 1. The highest BCUT2D eigenvalue weighted by Gasteiger charge is 2.22. The van der Waals surface area contributed by atoms with Gasteiger partial charge in [0.25, 0.3) is 0 Å². The van der Waals surface area contributed by atoms with Gasteiger partial charge in [0.2, 0.25) is 0 Å². The van der Waals surface area contributed by atoms with E-state index in [-0.39, 0.29) is 5.97 Å². The molecule has 1 fully saturated rings. The van der Waals surface area contributed by atoms with Gasteiger partial charge in [-0.05, 0) is 44.4 Å². The summed E-state index contributed by atoms with van der Waals surface area (Å²) < 4.78 is 8.33. The van der Waals surface area contributed by atoms with Gasteiger partial charge >= 0.3 is 5.97 Å². The molecular formula is C15H16BrNO2. The van der Waals surface area contributed by atoms with E-state index in [0.29, 0.717) is 18.2 Å². The van der Waals surface area contributed by atoms with Crippen LogP contribution in [0.15, 0.2) is 28.9 Å². The summed E-state index contributed by atoms with van der Waals surface area (Å²) >= 11 is 3.49. The summed E-state index contributed by atoms with van der Waals surface area (Å²) in [6.45, 7) is 2.22. The first-order valence-electron chi connectivity index (χ1n) is 6.68. The summed E-state index contributed by atoms with van der Waals surface area (Å²) in [6.07, 6.45) is 5.84. The maximum atomic E-state index is 12.0. The monoisotopic (exact) mass is 321 g/mol. The van der Waals surface area contributed by atoms with Crippen molar-refractivity contribution in [1.82, 2.24) is 4.57 Å². The molecular weight excluding hydrogens is 306 g/mol. The molecule has 0 spiro atoms. The molecule has 0 bridgehead atoms. The van der Waals surface area contributed by atoms with Crippen molar-refractivity contribution >= 4 is 32.8 Å². The Morgan fingerprint density at radius 1 is 1.47 bits per heavy atom. The summed E-state index contributed by atoms with van der Waals surface area (Å²) in [5.41, 5.74) is 1.76. The van der Waals surface area contributed by atoms with Crippen molar-refractivity contribution in [3.8, 4) is 0 Å². The van der Waals surface area contributed by atoms with Gasteiger partial charge in [0.05, 0.1) is 17.7 Å². The Labute approximate surface area is 120 Å². The Balaban J connectivity index is 2.12. The third-order valence-electron chi connectivity index (χ3n) is 3.77. The van der Waals surface area contributed by atoms with E-state index in [1.54, 1.807) is 0 Å². The van der Waals surface area contributed by atoms with Crippen LogP contribution in [0.5, 0.6) is 0 Å². The Morgan fingerprint density at radius 2 is 2.26 bits per heavy atom. The Morgan fingerprint density at radius 3 is 2.89 bits per heavy atom. The van der Waals surface area contributed by atoms with E-state index in [0.717, 1.165) is 15.4 Å². The van der Waals surface area contributed by atoms with Crippen molar-refractivity contribution in [3.05, 3.63) is 34.4 Å². The first kappa shape index (κ1) is 12.7. The standard InChI is InChI=1S/C15H16BrNO2/c1-2-19-15(18)13-8-10(16)9-14-12(13)6-7-17(14)11-4-3-5-11/h6-9,11H,2-5H2,1H3. The van der Waals surface area contributed by atoms with E-state index in [2.05, 4.69) is 32.8 Å². The van der Waals surface area contributed by atoms with Crippen LogP contribution in [0.1, 0.15) is 42.6 Å². The SMILES string of the molecule is CCOC(=O)c1cc(Br)cc2c1ccn2C1CCC1. The van der Waals surface area contributed by atoms with Gasteiger partial charge in [-0.2, -0.15) is 0 Å². The van der Waals surface area contributed by atoms with Crippen LogP contribution < -0.4 is 0 Å². The van der Waals surface area contributed by atoms with Gasteiger partial charge in [0.15, 0.2) is 0 Å². The molecule has 4 heteroatoms. The van der Waals surface area contributed by atoms with Gasteiger partial charge in [-0.1, -0.05) is 15.9 Å². The molecule has 0 N–H and O–H groups in total. The summed E-state index contributed by atoms with van der Waals surface area (Å²) in [5, 5.41) is 0.980. The van der Waals surface area contributed by atoms with E-state index < -0.39 is 0 Å². The molecule has 3 rings (SSSR count). The molecule has 0 aliphatic heterocycles. The van der Waals surface area contributed by atoms with Crippen LogP contribution in [0.3, 0.4) is 0 Å². The highest BCUT2D eigenvalue weighted by Crippen LogP contribution is 2.36. The van der Waals surface area contributed by atoms with E-state index >= 15 is 0 Å². The van der Waals surface area contributed by atoms with Crippen molar-refractivity contribution in [1.29, 1.82) is 0 Å². The van der Waals surface area contributed by atoms with E-state index in [4.69, 9.17) is 4.74 Å². The summed E-state index contributed by atoms with van der Waals surface area (Å²) in [5.74, 6) is -0.250. The van der Waals surface area contributed by atoms with Crippen molar-refractivity contribution in [2.24, 2.45) is 0 Å². The number of hydrogen-bond donors (Lipinski definition) is 0. The van der Waals surface area contributed by atoms with Crippen molar-refractivity contribution < 1.29 is 9.53 Å². The lowest BCUT2D eigenvalue weighted by Crippen LogP contribution is -2.16. The minimum Gasteiger partial charge on any atom is -0.462 e. The fraction of sp³-hybridized carbons (Fsp3) is 0.400. The largest absolute Gasteiger partial charge is 0.462 e. The van der Waals surface area contributed by atoms with Crippen molar-refractivity contribution in [2.75, 3.05) is 6.61 Å². The first-order valence-corrected chi connectivity index (χ1v) is 7.47. The number of esters is 1. The number of hydrogen-bond acceptors (Lipinski definition) is 2. The lowest BCUT2D eigenvalue weighted by Gasteiger charge is -2.28. The van der Waals surface area contributed by atoms with Gasteiger partial charge in [-0.25, -0.2) is 4.79 Å². The van der Waals surface area contributed by atoms with E-state index in [9.17, 15) is 4.79 Å². The minimum atomic E-state index is -0.250. The van der Waals surface area contributed by atoms with E-state index in [1.807, 2.05) is 19.1 Å². The van der Waals surface area contributed by atoms with Crippen LogP contribution in [-0.4, -0.2) is 17.1 Å². The summed E-state index contributed by atoms with van der Waals surface area (Å²) in [7, 11) is 0. The number of benzene rings is 1. The second kappa shape index (κ2) is 5.00. The molecule has 1 aromatic heterocycles. The van der Waals surface area contributed by atoms with Crippen LogP contribution in [0.4, 0.5) is 0 Å². The second-order valence-corrected chi connectivity index (χ2v) is 5.83. The Kier molecular flexibility index (Phi) is 3.35. The van der Waals surface area contributed by atoms with Crippen LogP contribution in [0.25, 0.3) is 10.9 Å². The van der Waals surface area contributed by atoms with Crippen LogP contribution >= 0.6 is 15.9 Å². The number of aromatic nitrogens is 1. The quantitative estimate of drug-likeness (QED) is 0.789. The van der Waals surface area contributed by atoms with Gasteiger partial charge in [0.1, 0.15) is 0 Å². The molecule has 0 radical (unpaired) electrons. The molecule has 0 atom stereocenters. The summed E-state index contributed by atoms with van der Waals surface area (Å²) in [4.78, 5) is 12.0. The molecule has 2 aromatic rings. The van der Waals surface area contributed by atoms with Gasteiger partial charge in [0, 0.05) is 22.1 Å². The third kappa shape index (κ3) is 2.18. The molecule has 19 heavy (non-hydrogen) atoms. The molecule has 0 amide bonds. The normalized spacial score (nSPS) is 15.5. The molecule has 1 aliphatic rings. The molecule has 0 saturated heterocycles. The molecule has 0 unspecified atom stereocenters. The maximum Gasteiger partial charge on any atom is 0.338 e. The third-order valence-corrected chi connectivity index (χ3v) is 4.22. The number of nitrogens with zero attached hydrogens (tertiary/aromatic N) is 1. The Bertz CT molecular complexity index is 628. The second-order valence-electron chi connectivity index (χ2n) is 4.91. The number of ether oxygens (including phenoxy) is 1. The molecule has 1 aromatic carbocycles.